The molecule has 1 rings (SSSR count). The molecule has 8 nitrogen and oxygen atoms in total. The standard InChI is InChI=1S/C12H19N3O5S.Na/c1-6(16)9(11(17)18)7-4-8(10(15-7)12(19)20)21-3-2-14-5-13;/h5-9,16H,2-4H2,1H3,(H2,13,14)(H,17,18)(H,19,20);/q;+1/p-1/t6-,7?,8?,9-;/m1./s1. The van der Waals surface area contributed by atoms with Crippen molar-refractivity contribution in [3.63, 3.8) is 0 Å². The van der Waals surface area contributed by atoms with Crippen molar-refractivity contribution < 1.29 is 54.5 Å². The molecule has 1 aliphatic heterocycles. The van der Waals surface area contributed by atoms with Crippen LogP contribution in [0.2, 0.25) is 0 Å². The number of aliphatic imine (C=N–C) groups is 2. The molecule has 0 fully saturated rings. The Kier molecular flexibility index (Phi) is 9.94. The van der Waals surface area contributed by atoms with Gasteiger partial charge in [-0.15, -0.1) is 0 Å². The minimum atomic E-state index is -1.41. The molecule has 10 heteroatoms. The molecule has 0 saturated heterocycles. The fourth-order valence-corrected chi connectivity index (χ4v) is 3.36. The summed E-state index contributed by atoms with van der Waals surface area (Å²) in [4.78, 5) is 30.0. The van der Waals surface area contributed by atoms with Gasteiger partial charge < -0.3 is 25.8 Å². The Morgan fingerprint density at radius 2 is 2.27 bits per heavy atom. The molecular weight excluding hydrogens is 321 g/mol. The molecule has 118 valence electrons. The third kappa shape index (κ3) is 5.88. The van der Waals surface area contributed by atoms with E-state index in [0.29, 0.717) is 12.3 Å². The minimum absolute atomic E-state index is 0. The van der Waals surface area contributed by atoms with Gasteiger partial charge in [-0.3, -0.25) is 14.8 Å². The van der Waals surface area contributed by atoms with Crippen molar-refractivity contribution in [3.05, 3.63) is 0 Å². The van der Waals surface area contributed by atoms with E-state index in [4.69, 9.17) is 10.8 Å². The topological polar surface area (TPSA) is 148 Å². The number of rotatable bonds is 8. The summed E-state index contributed by atoms with van der Waals surface area (Å²) in [7, 11) is 0. The molecule has 1 aliphatic rings. The number of aliphatic hydroxyl groups excluding tert-OH is 1. The maximum absolute atomic E-state index is 11.2. The van der Waals surface area contributed by atoms with Crippen LogP contribution in [0.4, 0.5) is 0 Å². The molecule has 0 saturated carbocycles. The number of nitrogens with two attached hydrogens (primary N) is 1. The van der Waals surface area contributed by atoms with E-state index >= 15 is 0 Å². The first-order chi connectivity index (χ1) is 9.88. The number of nitrogens with zero attached hydrogens (tertiary/aromatic N) is 2. The van der Waals surface area contributed by atoms with Gasteiger partial charge in [-0.25, -0.2) is 0 Å². The van der Waals surface area contributed by atoms with Crippen molar-refractivity contribution in [3.8, 4) is 0 Å². The maximum Gasteiger partial charge on any atom is 1.00 e. The normalized spacial score (nSPS) is 23.6. The summed E-state index contributed by atoms with van der Waals surface area (Å²) in [6.45, 7) is 1.78. The number of hydrogen-bond donors (Lipinski definition) is 3. The van der Waals surface area contributed by atoms with Gasteiger partial charge in [0.25, 0.3) is 0 Å². The number of carboxylic acid groups (broad SMARTS) is 2. The van der Waals surface area contributed by atoms with Gasteiger partial charge in [0.15, 0.2) is 0 Å². The number of thioether (sulfide) groups is 1. The van der Waals surface area contributed by atoms with Crippen LogP contribution in [-0.2, 0) is 9.59 Å². The van der Waals surface area contributed by atoms with Crippen molar-refractivity contribution in [1.29, 1.82) is 0 Å². The van der Waals surface area contributed by atoms with E-state index in [2.05, 4.69) is 9.98 Å². The average molecular weight is 339 g/mol. The molecule has 0 bridgehead atoms. The molecule has 0 aromatic rings. The second kappa shape index (κ2) is 10.2. The fraction of sp³-hybridized carbons (Fsp3) is 0.667. The van der Waals surface area contributed by atoms with Gasteiger partial charge >= 0.3 is 35.5 Å². The maximum atomic E-state index is 11.2. The van der Waals surface area contributed by atoms with Gasteiger partial charge in [-0.1, -0.05) is 0 Å². The quantitative estimate of drug-likeness (QED) is 0.174. The molecule has 1 heterocycles. The van der Waals surface area contributed by atoms with Gasteiger partial charge in [0, 0.05) is 12.3 Å². The average Bonchev–Trinajstić information content (AvgIpc) is 2.77. The number of aliphatic hydroxyl groups is 1. The summed E-state index contributed by atoms with van der Waals surface area (Å²) in [6.07, 6.45) is 0.284. The summed E-state index contributed by atoms with van der Waals surface area (Å²) in [5.41, 5.74) is 4.95. The van der Waals surface area contributed by atoms with Crippen LogP contribution < -0.4 is 40.4 Å². The van der Waals surface area contributed by atoms with Gasteiger partial charge in [0.2, 0.25) is 0 Å². The number of carboxylic acids is 2. The second-order valence-electron chi connectivity index (χ2n) is 4.62. The van der Waals surface area contributed by atoms with E-state index in [9.17, 15) is 19.8 Å². The van der Waals surface area contributed by atoms with Crippen LogP contribution in [0.25, 0.3) is 0 Å². The number of carbonyl (C=O) groups excluding carboxylic acids is 1. The van der Waals surface area contributed by atoms with Gasteiger partial charge in [0.05, 0.1) is 35.4 Å². The molecule has 2 unspecified atom stereocenters. The minimum Gasteiger partial charge on any atom is -0.543 e. The van der Waals surface area contributed by atoms with Gasteiger partial charge in [0.1, 0.15) is 5.92 Å². The third-order valence-corrected chi connectivity index (χ3v) is 4.38. The summed E-state index contributed by atoms with van der Waals surface area (Å²) in [5.74, 6) is -3.21. The molecule has 0 amide bonds. The molecule has 22 heavy (non-hydrogen) atoms. The van der Waals surface area contributed by atoms with E-state index in [1.807, 2.05) is 0 Å². The van der Waals surface area contributed by atoms with Crippen LogP contribution in [-0.4, -0.2) is 63.9 Å². The van der Waals surface area contributed by atoms with Crippen LogP contribution >= 0.6 is 11.8 Å². The molecule has 0 aromatic heterocycles. The van der Waals surface area contributed by atoms with Crippen molar-refractivity contribution in [2.24, 2.45) is 21.6 Å². The van der Waals surface area contributed by atoms with E-state index in [0.717, 1.165) is 0 Å². The summed E-state index contributed by atoms with van der Waals surface area (Å²) in [5, 5.41) is 29.3. The molecule has 0 aliphatic carbocycles. The number of hydrogen-bond acceptors (Lipinski definition) is 7. The Morgan fingerprint density at radius 3 is 2.73 bits per heavy atom. The smallest absolute Gasteiger partial charge is 0.543 e. The number of carbonyl (C=O) groups is 2. The van der Waals surface area contributed by atoms with Crippen LogP contribution in [0.5, 0.6) is 0 Å². The van der Waals surface area contributed by atoms with Crippen molar-refractivity contribution in [1.82, 2.24) is 0 Å². The van der Waals surface area contributed by atoms with E-state index in [1.165, 1.54) is 25.0 Å². The first kappa shape index (κ1) is 21.4. The van der Waals surface area contributed by atoms with Crippen molar-refractivity contribution in [2.75, 3.05) is 12.3 Å². The molecule has 4 atom stereocenters. The Hall–Kier alpha value is -0.610. The zero-order chi connectivity index (χ0) is 16.0. The first-order valence-electron chi connectivity index (χ1n) is 6.40. The van der Waals surface area contributed by atoms with E-state index in [1.54, 1.807) is 0 Å². The first-order valence-corrected chi connectivity index (χ1v) is 7.44. The Bertz CT molecular complexity index is 458. The van der Waals surface area contributed by atoms with Crippen LogP contribution in [0.1, 0.15) is 13.3 Å². The summed E-state index contributed by atoms with van der Waals surface area (Å²) in [6, 6.07) is -0.772. The van der Waals surface area contributed by atoms with Crippen molar-refractivity contribution >= 4 is 35.8 Å². The van der Waals surface area contributed by atoms with E-state index < -0.39 is 35.3 Å². The molecular formula is C12H18N3NaO5S. The Morgan fingerprint density at radius 1 is 1.64 bits per heavy atom. The number of aliphatic carboxylic acids is 2. The molecule has 0 aromatic carbocycles. The van der Waals surface area contributed by atoms with Crippen molar-refractivity contribution in [2.45, 2.75) is 30.7 Å². The predicted octanol–water partition coefficient (Wildman–Crippen LogP) is -4.88. The predicted molar refractivity (Wildman–Crippen MR) is 77.4 cm³/mol. The Labute approximate surface area is 154 Å². The zero-order valence-electron chi connectivity index (χ0n) is 12.5. The fourth-order valence-electron chi connectivity index (χ4n) is 2.22. The summed E-state index contributed by atoms with van der Waals surface area (Å²) < 4.78 is 0. The monoisotopic (exact) mass is 339 g/mol. The Balaban J connectivity index is 0.00000441. The van der Waals surface area contributed by atoms with E-state index in [-0.39, 0.29) is 41.7 Å². The third-order valence-electron chi connectivity index (χ3n) is 3.14. The van der Waals surface area contributed by atoms with Crippen LogP contribution in [0, 0.1) is 5.92 Å². The largest absolute Gasteiger partial charge is 1.00 e. The zero-order valence-corrected chi connectivity index (χ0v) is 15.3. The SMILES string of the molecule is C[C@@H](O)[C@@H](C(=O)O)C1CC(SCCN=CN)C(C(=O)[O-])=N1.[Na+]. The molecule has 0 radical (unpaired) electrons. The van der Waals surface area contributed by atoms with Crippen LogP contribution in [0.3, 0.4) is 0 Å². The van der Waals surface area contributed by atoms with Gasteiger partial charge in [-0.05, 0) is 13.3 Å². The molecule has 0 spiro atoms. The summed E-state index contributed by atoms with van der Waals surface area (Å²) >= 11 is 1.31. The van der Waals surface area contributed by atoms with Crippen LogP contribution in [0.15, 0.2) is 9.98 Å². The molecule has 4 N–H and O–H groups in total. The van der Waals surface area contributed by atoms with Gasteiger partial charge in [-0.2, -0.15) is 11.8 Å². The second-order valence-corrected chi connectivity index (χ2v) is 5.93.